The zero-order chi connectivity index (χ0) is 23.5. The van der Waals surface area contributed by atoms with E-state index in [0.717, 1.165) is 48.7 Å². The molecule has 1 amide bonds. The van der Waals surface area contributed by atoms with Gasteiger partial charge in [-0.15, -0.1) is 0 Å². The molecule has 2 aromatic rings. The zero-order valence-electron chi connectivity index (χ0n) is 19.4. The molecular formula is C26H29FN4O2S. The molecule has 0 radical (unpaired) electrons. The fraction of sp³-hybridized carbons (Fsp3) is 0.423. The molecule has 178 valence electrons. The van der Waals surface area contributed by atoms with E-state index in [2.05, 4.69) is 9.88 Å². The third kappa shape index (κ3) is 4.97. The summed E-state index contributed by atoms with van der Waals surface area (Å²) in [6, 6.07) is 7.93. The van der Waals surface area contributed by atoms with Gasteiger partial charge in [0, 0.05) is 55.4 Å². The van der Waals surface area contributed by atoms with Crippen molar-refractivity contribution in [2.45, 2.75) is 38.3 Å². The minimum atomic E-state index is -0.219. The summed E-state index contributed by atoms with van der Waals surface area (Å²) in [7, 11) is 1.64. The highest BCUT2D eigenvalue weighted by Crippen LogP contribution is 2.34. The Morgan fingerprint density at radius 1 is 1.24 bits per heavy atom. The number of amides is 1. The second kappa shape index (κ2) is 10.2. The van der Waals surface area contributed by atoms with Gasteiger partial charge in [0.05, 0.1) is 18.4 Å². The number of carbonyl (C=O) groups excluding carboxylic acids is 1. The smallest absolute Gasteiger partial charge is 0.258 e. The molecule has 0 atom stereocenters. The lowest BCUT2D eigenvalue weighted by Gasteiger charge is -2.28. The highest BCUT2D eigenvalue weighted by Gasteiger charge is 2.35. The van der Waals surface area contributed by atoms with Crippen molar-refractivity contribution in [2.75, 3.05) is 36.6 Å². The van der Waals surface area contributed by atoms with Gasteiger partial charge >= 0.3 is 0 Å². The van der Waals surface area contributed by atoms with E-state index >= 15 is 0 Å². The predicted molar refractivity (Wildman–Crippen MR) is 134 cm³/mol. The lowest BCUT2D eigenvalue weighted by atomic mass is 9.99. The zero-order valence-corrected chi connectivity index (χ0v) is 20.2. The van der Waals surface area contributed by atoms with Crippen molar-refractivity contribution in [3.05, 3.63) is 65.3 Å². The highest BCUT2D eigenvalue weighted by atomic mass is 32.2. The first kappa shape index (κ1) is 22.9. The molecule has 3 aliphatic rings. The molecule has 1 aromatic carbocycles. The lowest BCUT2D eigenvalue weighted by Crippen LogP contribution is -2.36. The highest BCUT2D eigenvalue weighted by molar-refractivity contribution is 7.99. The minimum absolute atomic E-state index is 0.145. The van der Waals surface area contributed by atoms with Gasteiger partial charge in [-0.25, -0.2) is 14.4 Å². The van der Waals surface area contributed by atoms with Gasteiger partial charge in [-0.1, -0.05) is 24.3 Å². The summed E-state index contributed by atoms with van der Waals surface area (Å²) in [5.41, 5.74) is 2.20. The maximum absolute atomic E-state index is 15.0. The largest absolute Gasteiger partial charge is 0.497 e. The number of anilines is 1. The normalized spacial score (nSPS) is 18.2. The molecule has 1 saturated carbocycles. The SMILES string of the molecule is COc1ccc(CN(C(=O)c2cnc(N3CCSCC3)nc2C2=C(F)CCC=C2)C2CC2)cc1. The Labute approximate surface area is 203 Å². The Kier molecular flexibility index (Phi) is 6.85. The molecule has 2 aliphatic carbocycles. The summed E-state index contributed by atoms with van der Waals surface area (Å²) >= 11 is 1.90. The van der Waals surface area contributed by atoms with Crippen LogP contribution >= 0.6 is 11.8 Å². The van der Waals surface area contributed by atoms with E-state index in [9.17, 15) is 9.18 Å². The summed E-state index contributed by atoms with van der Waals surface area (Å²) in [5, 5.41) is 0. The molecule has 0 spiro atoms. The topological polar surface area (TPSA) is 58.6 Å². The predicted octanol–water partition coefficient (Wildman–Crippen LogP) is 4.87. The van der Waals surface area contributed by atoms with Gasteiger partial charge in [0.15, 0.2) is 0 Å². The monoisotopic (exact) mass is 480 g/mol. The maximum atomic E-state index is 15.0. The molecule has 2 fully saturated rings. The molecule has 0 unspecified atom stereocenters. The van der Waals surface area contributed by atoms with Crippen molar-refractivity contribution in [1.82, 2.24) is 14.9 Å². The Bertz CT molecular complexity index is 1110. The number of methoxy groups -OCH3 is 1. The first-order valence-electron chi connectivity index (χ1n) is 11.8. The number of halogens is 1. The number of thioether (sulfide) groups is 1. The number of hydrogen-bond donors (Lipinski definition) is 0. The van der Waals surface area contributed by atoms with Gasteiger partial charge in [0.25, 0.3) is 5.91 Å². The number of rotatable bonds is 7. The van der Waals surface area contributed by atoms with Crippen LogP contribution in [-0.4, -0.2) is 58.5 Å². The van der Waals surface area contributed by atoms with Crippen molar-refractivity contribution in [2.24, 2.45) is 0 Å². The van der Waals surface area contributed by atoms with E-state index < -0.39 is 0 Å². The van der Waals surface area contributed by atoms with Crippen LogP contribution in [0, 0.1) is 0 Å². The van der Waals surface area contributed by atoms with Crippen molar-refractivity contribution in [3.63, 3.8) is 0 Å². The van der Waals surface area contributed by atoms with Gasteiger partial charge in [-0.3, -0.25) is 4.79 Å². The van der Waals surface area contributed by atoms with Crippen molar-refractivity contribution < 1.29 is 13.9 Å². The van der Waals surface area contributed by atoms with Crippen LogP contribution in [0.2, 0.25) is 0 Å². The number of aromatic nitrogens is 2. The van der Waals surface area contributed by atoms with Crippen LogP contribution < -0.4 is 9.64 Å². The molecule has 1 aliphatic heterocycles. The second-order valence-electron chi connectivity index (χ2n) is 8.80. The minimum Gasteiger partial charge on any atom is -0.497 e. The molecule has 1 aromatic heterocycles. The van der Waals surface area contributed by atoms with Crippen LogP contribution in [0.25, 0.3) is 5.57 Å². The van der Waals surface area contributed by atoms with E-state index in [1.807, 2.05) is 47.0 Å². The fourth-order valence-corrected chi connectivity index (χ4v) is 5.23. The summed E-state index contributed by atoms with van der Waals surface area (Å²) in [6.07, 6.45) is 8.24. The number of carbonyl (C=O) groups is 1. The Morgan fingerprint density at radius 2 is 2.00 bits per heavy atom. The van der Waals surface area contributed by atoms with Crippen LogP contribution in [0.15, 0.2) is 48.4 Å². The first-order valence-corrected chi connectivity index (χ1v) is 13.0. The lowest BCUT2D eigenvalue weighted by molar-refractivity contribution is 0.0728. The van der Waals surface area contributed by atoms with Crippen LogP contribution in [0.4, 0.5) is 10.3 Å². The van der Waals surface area contributed by atoms with E-state index in [0.29, 0.717) is 42.2 Å². The van der Waals surface area contributed by atoms with E-state index in [1.54, 1.807) is 19.4 Å². The number of ether oxygens (including phenoxy) is 1. The van der Waals surface area contributed by atoms with E-state index in [1.165, 1.54) is 0 Å². The van der Waals surface area contributed by atoms with E-state index in [-0.39, 0.29) is 17.8 Å². The van der Waals surface area contributed by atoms with Crippen LogP contribution in [-0.2, 0) is 6.54 Å². The van der Waals surface area contributed by atoms with Gasteiger partial charge < -0.3 is 14.5 Å². The third-order valence-electron chi connectivity index (χ3n) is 6.42. The second-order valence-corrected chi connectivity index (χ2v) is 10.0. The Balaban J connectivity index is 1.50. The number of benzene rings is 1. The van der Waals surface area contributed by atoms with Gasteiger partial charge in [0.2, 0.25) is 5.95 Å². The average molecular weight is 481 g/mol. The molecule has 2 heterocycles. The van der Waals surface area contributed by atoms with Crippen molar-refractivity contribution >= 4 is 29.2 Å². The van der Waals surface area contributed by atoms with E-state index in [4.69, 9.17) is 9.72 Å². The third-order valence-corrected chi connectivity index (χ3v) is 7.37. The number of hydrogen-bond acceptors (Lipinski definition) is 6. The van der Waals surface area contributed by atoms with Crippen LogP contribution in [0.3, 0.4) is 0 Å². The first-order chi connectivity index (χ1) is 16.6. The summed E-state index contributed by atoms with van der Waals surface area (Å²) in [4.78, 5) is 27.2. The maximum Gasteiger partial charge on any atom is 0.258 e. The van der Waals surface area contributed by atoms with Gasteiger partial charge in [0.1, 0.15) is 11.6 Å². The average Bonchev–Trinajstić information content (AvgIpc) is 3.73. The quantitative estimate of drug-likeness (QED) is 0.563. The van der Waals surface area contributed by atoms with Crippen LogP contribution in [0.1, 0.15) is 47.3 Å². The van der Waals surface area contributed by atoms with Crippen molar-refractivity contribution in [3.8, 4) is 5.75 Å². The Morgan fingerprint density at radius 3 is 2.68 bits per heavy atom. The molecular weight excluding hydrogens is 451 g/mol. The Hall–Kier alpha value is -2.87. The molecule has 5 rings (SSSR count). The molecule has 34 heavy (non-hydrogen) atoms. The molecule has 8 heteroatoms. The van der Waals surface area contributed by atoms with Gasteiger partial charge in [-0.05, 0) is 37.0 Å². The summed E-state index contributed by atoms with van der Waals surface area (Å²) < 4.78 is 20.2. The molecule has 0 bridgehead atoms. The standard InChI is InChI=1S/C26H29FN4O2S/c1-33-20-10-6-18(7-11-20)17-31(19-8-9-19)25(32)22-16-28-26(30-12-14-34-15-13-30)29-24(22)21-4-2-3-5-23(21)27/h2,4,6-7,10-11,16,19H,3,5,8-9,12-15,17H2,1H3. The molecule has 0 N–H and O–H groups in total. The fourth-order valence-electron chi connectivity index (χ4n) is 4.33. The van der Waals surface area contributed by atoms with Crippen molar-refractivity contribution in [1.29, 1.82) is 0 Å². The summed E-state index contributed by atoms with van der Waals surface area (Å²) in [6.45, 7) is 2.18. The summed E-state index contributed by atoms with van der Waals surface area (Å²) in [5.74, 6) is 3.00. The number of nitrogens with zero attached hydrogens (tertiary/aromatic N) is 4. The van der Waals surface area contributed by atoms with Gasteiger partial charge in [-0.2, -0.15) is 11.8 Å². The molecule has 1 saturated heterocycles. The van der Waals surface area contributed by atoms with Crippen LogP contribution in [0.5, 0.6) is 5.75 Å². The molecule has 6 nitrogen and oxygen atoms in total. The number of allylic oxidation sites excluding steroid dienone is 4.